The highest BCUT2D eigenvalue weighted by Gasteiger charge is 2.41. The second-order valence-electron chi connectivity index (χ2n) is 7.85. The minimum Gasteiger partial charge on any atom is -0.493 e. The van der Waals surface area contributed by atoms with E-state index in [0.29, 0.717) is 0 Å². The fourth-order valence-electron chi connectivity index (χ4n) is 3.03. The quantitative estimate of drug-likeness (QED) is 0.663. The average molecular weight is 434 g/mol. The number of nitrogens with two attached hydrogens (primary N) is 1. The van der Waals surface area contributed by atoms with E-state index in [0.717, 1.165) is 7.11 Å². The zero-order chi connectivity index (χ0) is 35.3. The van der Waals surface area contributed by atoms with Crippen molar-refractivity contribution in [3.8, 4) is 11.5 Å². The molecule has 0 saturated carbocycles. The highest BCUT2D eigenvalue weighted by Crippen LogP contribution is 2.44. The third kappa shape index (κ3) is 4.75. The number of nitrogens with zero attached hydrogens (tertiary/aromatic N) is 1. The van der Waals surface area contributed by atoms with E-state index < -0.39 is 116 Å². The Balaban J connectivity index is 2.61. The van der Waals surface area contributed by atoms with Gasteiger partial charge in [0.1, 0.15) is 12.1 Å². The van der Waals surface area contributed by atoms with Gasteiger partial charge in [0.05, 0.1) is 22.4 Å². The van der Waals surface area contributed by atoms with Crippen molar-refractivity contribution in [2.75, 3.05) is 27.1 Å². The van der Waals surface area contributed by atoms with E-state index in [1.807, 2.05) is 0 Å². The van der Waals surface area contributed by atoms with Gasteiger partial charge in [0.25, 0.3) is 0 Å². The van der Waals surface area contributed by atoms with Gasteiger partial charge in [0, 0.05) is 43.6 Å². The number of rotatable bonds is 7. The Morgan fingerprint density at radius 3 is 2.73 bits per heavy atom. The molecule has 1 saturated heterocycles. The predicted molar refractivity (Wildman–Crippen MR) is 118 cm³/mol. The number of piperidine rings is 1. The molecule has 168 valence electrons. The van der Waals surface area contributed by atoms with Crippen LogP contribution in [0.3, 0.4) is 0 Å². The molecule has 2 N–H and O–H groups in total. The second kappa shape index (κ2) is 9.56. The summed E-state index contributed by atoms with van der Waals surface area (Å²) in [5.74, 6) is -7.17. The van der Waals surface area contributed by atoms with Crippen molar-refractivity contribution in [2.45, 2.75) is 65.0 Å². The fraction of sp³-hybridized carbons (Fsp3) is 0.708. The van der Waals surface area contributed by atoms with Crippen molar-refractivity contribution >= 4 is 5.97 Å². The van der Waals surface area contributed by atoms with Crippen LogP contribution in [0.15, 0.2) is 12.1 Å². The Morgan fingerprint density at radius 2 is 2.10 bits per heavy atom. The van der Waals surface area contributed by atoms with E-state index in [4.69, 9.17) is 32.3 Å². The number of hydrogen-bond acceptors (Lipinski definition) is 6. The minimum absolute atomic E-state index is 0.112. The van der Waals surface area contributed by atoms with Gasteiger partial charge < -0.3 is 19.9 Å². The van der Waals surface area contributed by atoms with Gasteiger partial charge in [-0.25, -0.2) is 0 Å². The van der Waals surface area contributed by atoms with Crippen molar-refractivity contribution < 1.29 is 39.6 Å². The van der Waals surface area contributed by atoms with Gasteiger partial charge in [0.15, 0.2) is 11.5 Å². The third-order valence-corrected chi connectivity index (χ3v) is 4.68. The number of methoxy groups -OCH3 is 2. The number of carbonyl (C=O) groups is 1. The topological polar surface area (TPSA) is 74.0 Å². The number of fused-ring (bicyclic) bond motifs is 3. The molecule has 30 heavy (non-hydrogen) atoms. The van der Waals surface area contributed by atoms with E-state index in [-0.39, 0.29) is 4.90 Å². The summed E-state index contributed by atoms with van der Waals surface area (Å²) >= 11 is 0. The average Bonchev–Trinajstić information content (AvgIpc) is 2.84. The summed E-state index contributed by atoms with van der Waals surface area (Å²) in [6.07, 6.45) is -10.2. The zero-order valence-corrected chi connectivity index (χ0v) is 17.7. The fourth-order valence-corrected chi connectivity index (χ4v) is 3.03. The van der Waals surface area contributed by atoms with Crippen LogP contribution in [0.4, 0.5) is 0 Å². The monoisotopic (exact) mass is 433 g/mol. The lowest BCUT2D eigenvalue weighted by atomic mass is 9.79. The van der Waals surface area contributed by atoms with Crippen molar-refractivity contribution in [3.05, 3.63) is 23.2 Å². The molecule has 2 heterocycles. The normalized spacial score (nSPS) is 44.3. The van der Waals surface area contributed by atoms with Gasteiger partial charge in [-0.3, -0.25) is 9.69 Å². The van der Waals surface area contributed by atoms with Gasteiger partial charge in [0.2, 0.25) is 0 Å². The van der Waals surface area contributed by atoms with Gasteiger partial charge >= 0.3 is 5.97 Å². The summed E-state index contributed by atoms with van der Waals surface area (Å²) in [5.41, 5.74) is 3.67. The molecule has 0 amide bonds. The van der Waals surface area contributed by atoms with Crippen LogP contribution in [-0.2, 0) is 15.9 Å². The van der Waals surface area contributed by atoms with Crippen molar-refractivity contribution in [3.63, 3.8) is 0 Å². The van der Waals surface area contributed by atoms with Gasteiger partial charge in [-0.15, -0.1) is 0 Å². The van der Waals surface area contributed by atoms with E-state index in [1.54, 1.807) is 27.7 Å². The molecule has 2 aliphatic heterocycles. The highest BCUT2D eigenvalue weighted by atomic mass is 16.5. The van der Waals surface area contributed by atoms with Crippen molar-refractivity contribution in [2.24, 2.45) is 23.5 Å². The molecule has 2 aliphatic rings. The Morgan fingerprint density at radius 1 is 1.37 bits per heavy atom. The number of hydrogen-bond donors (Lipinski definition) is 1. The van der Waals surface area contributed by atoms with Gasteiger partial charge in [-0.05, 0) is 47.8 Å². The smallest absolute Gasteiger partial charge is 0.323 e. The predicted octanol–water partition coefficient (Wildman–Crippen LogP) is 3.56. The Labute approximate surface area is 202 Å². The maximum atomic E-state index is 13.2. The molecule has 4 atom stereocenters. The van der Waals surface area contributed by atoms with E-state index >= 15 is 0 Å². The summed E-state index contributed by atoms with van der Waals surface area (Å²) in [6.45, 7) is -1.06. The van der Waals surface area contributed by atoms with Gasteiger partial charge in [-0.2, -0.15) is 0 Å². The van der Waals surface area contributed by atoms with Gasteiger partial charge in [-0.1, -0.05) is 27.7 Å². The summed E-state index contributed by atoms with van der Waals surface area (Å²) in [7, 11) is -2.34. The zero-order valence-electron chi connectivity index (χ0n) is 32.7. The lowest BCUT2D eigenvalue weighted by Gasteiger charge is -2.47. The van der Waals surface area contributed by atoms with E-state index in [1.165, 1.54) is 0 Å². The molecular formula is C24H38N2O4. The molecule has 0 radical (unpaired) electrons. The molecule has 0 aromatic heterocycles. The number of esters is 1. The summed E-state index contributed by atoms with van der Waals surface area (Å²) < 4.78 is 147. The van der Waals surface area contributed by atoms with E-state index in [2.05, 4.69) is 0 Å². The SMILES string of the molecule is [2H]c1c(OC([2H])([2H])[2H])c(OC)c([2H])c2c1C([2H])([2H])C([2H])([2H])N1C([2H])([2H])C([2H])(CC(C)C)C(OC(=O)[C@@H](N)C(C)C)C([2H])([2H])C21[2H]. The number of benzene rings is 1. The van der Waals surface area contributed by atoms with Crippen molar-refractivity contribution in [1.29, 1.82) is 0 Å². The van der Waals surface area contributed by atoms with Crippen LogP contribution in [0.25, 0.3) is 0 Å². The molecule has 1 fully saturated rings. The minimum atomic E-state index is -3.75. The maximum absolute atomic E-state index is 13.2. The molecule has 1 aromatic rings. The van der Waals surface area contributed by atoms with Crippen LogP contribution in [0.5, 0.6) is 11.5 Å². The molecule has 0 spiro atoms. The molecule has 3 rings (SSSR count). The lowest BCUT2D eigenvalue weighted by Crippen LogP contribution is -2.51. The number of ether oxygens (including phenoxy) is 3. The van der Waals surface area contributed by atoms with Crippen LogP contribution in [0.1, 0.15) is 78.2 Å². The lowest BCUT2D eigenvalue weighted by molar-refractivity contribution is -0.160. The molecule has 6 nitrogen and oxygen atoms in total. The Kier molecular flexibility index (Phi) is 3.26. The highest BCUT2D eigenvalue weighted by molar-refractivity contribution is 5.76. The Bertz CT molecular complexity index is 1350. The molecule has 1 aromatic carbocycles. The first-order valence-electron chi connectivity index (χ1n) is 17.2. The molecule has 6 heteroatoms. The summed E-state index contributed by atoms with van der Waals surface area (Å²) in [6, 6.07) is -7.22. The van der Waals surface area contributed by atoms with Crippen LogP contribution < -0.4 is 15.2 Å². The number of carbonyl (C=O) groups excluding carboxylic acids is 1. The molecule has 3 unspecified atom stereocenters. The Hall–Kier alpha value is -1.79. The maximum Gasteiger partial charge on any atom is 0.323 e. The van der Waals surface area contributed by atoms with Crippen LogP contribution in [0.2, 0.25) is 0 Å². The van der Waals surface area contributed by atoms with Crippen LogP contribution in [-0.4, -0.2) is 50.2 Å². The third-order valence-electron chi connectivity index (χ3n) is 4.68. The molecular weight excluding hydrogens is 380 g/mol. The molecule has 0 bridgehead atoms. The first kappa shape index (κ1) is 10.2. The molecule has 0 aliphatic carbocycles. The summed E-state index contributed by atoms with van der Waals surface area (Å²) in [4.78, 5) is 13.1. The first-order chi connectivity index (χ1) is 20.0. The van der Waals surface area contributed by atoms with Crippen LogP contribution >= 0.6 is 0 Å². The second-order valence-corrected chi connectivity index (χ2v) is 7.85. The largest absolute Gasteiger partial charge is 0.493 e. The van der Waals surface area contributed by atoms with Crippen molar-refractivity contribution in [1.82, 2.24) is 4.90 Å². The summed E-state index contributed by atoms with van der Waals surface area (Å²) in [5, 5.41) is 0. The van der Waals surface area contributed by atoms with E-state index in [9.17, 15) is 13.0 Å². The first-order valence-corrected chi connectivity index (χ1v) is 9.69. The standard InChI is InChI=1S/C24H38N2O4/c1-14(2)9-17-13-26-8-7-16-10-21(28-5)22(29-6)11-18(16)19(26)12-20(17)30-24(27)23(25)15(3)4/h10-11,14-15,17,19-20,23H,7-9,12-13,25H2,1-6H3/t17?,19?,20?,23-/m0/s1/i5D3,7D2,8D2,10D,11D,12D2,13D2,17D,19D. The van der Waals surface area contributed by atoms with Crippen LogP contribution in [0, 0.1) is 17.7 Å².